The highest BCUT2D eigenvalue weighted by Crippen LogP contribution is 2.27. The normalized spacial score (nSPS) is 9.92. The van der Waals surface area contributed by atoms with Crippen LogP contribution in [-0.2, 0) is 11.2 Å². The first-order valence-corrected chi connectivity index (χ1v) is 4.81. The lowest BCUT2D eigenvalue weighted by Crippen LogP contribution is -1.90. The molecule has 0 aromatic heterocycles. The third-order valence-electron chi connectivity index (χ3n) is 1.70. The van der Waals surface area contributed by atoms with Gasteiger partial charge in [-0.25, -0.2) is 0 Å². The van der Waals surface area contributed by atoms with Gasteiger partial charge in [0.15, 0.2) is 0 Å². The highest BCUT2D eigenvalue weighted by atomic mass is 79.9. The minimum Gasteiger partial charge on any atom is -0.303 e. The Balaban J connectivity index is 3.16. The first kappa shape index (κ1) is 9.81. The summed E-state index contributed by atoms with van der Waals surface area (Å²) in [7, 11) is 0. The molecule has 3 heteroatoms. The van der Waals surface area contributed by atoms with E-state index in [2.05, 4.69) is 28.6 Å². The van der Waals surface area contributed by atoms with E-state index < -0.39 is 0 Å². The van der Waals surface area contributed by atoms with E-state index in [1.165, 1.54) is 0 Å². The molecular weight excluding hydrogens is 236 g/mol. The molecule has 0 heterocycles. The van der Waals surface area contributed by atoms with Gasteiger partial charge < -0.3 is 4.79 Å². The van der Waals surface area contributed by atoms with Crippen LogP contribution in [0, 0.1) is 6.92 Å². The average molecular weight is 245 g/mol. The van der Waals surface area contributed by atoms with E-state index in [9.17, 15) is 4.79 Å². The van der Waals surface area contributed by atoms with Crippen molar-refractivity contribution < 1.29 is 4.79 Å². The Morgan fingerprint density at radius 1 is 1.58 bits per heavy atom. The largest absolute Gasteiger partial charge is 0.303 e. The van der Waals surface area contributed by atoms with Crippen LogP contribution in [-0.4, -0.2) is 6.29 Å². The van der Waals surface area contributed by atoms with E-state index in [-0.39, 0.29) is 0 Å². The zero-order valence-corrected chi connectivity index (χ0v) is 9.15. The topological polar surface area (TPSA) is 17.1 Å². The van der Waals surface area contributed by atoms with E-state index in [4.69, 9.17) is 0 Å². The summed E-state index contributed by atoms with van der Waals surface area (Å²) in [4.78, 5) is 11.1. The number of hydrogen-bond donors (Lipinski definition) is 1. The zero-order valence-electron chi connectivity index (χ0n) is 6.67. The van der Waals surface area contributed by atoms with Gasteiger partial charge in [0.1, 0.15) is 6.29 Å². The SMILES string of the molecule is Cc1ccc(CC=O)c(S)c1Br. The molecule has 1 aromatic rings. The molecule has 0 amide bonds. The molecule has 0 unspecified atom stereocenters. The summed E-state index contributed by atoms with van der Waals surface area (Å²) in [5.41, 5.74) is 2.10. The van der Waals surface area contributed by atoms with E-state index in [0.717, 1.165) is 26.8 Å². The smallest absolute Gasteiger partial charge is 0.124 e. The lowest BCUT2D eigenvalue weighted by molar-refractivity contribution is -0.107. The molecule has 1 rings (SSSR count). The number of halogens is 1. The first-order chi connectivity index (χ1) is 5.66. The van der Waals surface area contributed by atoms with Crippen molar-refractivity contribution >= 4 is 34.8 Å². The molecule has 0 aliphatic carbocycles. The van der Waals surface area contributed by atoms with Gasteiger partial charge in [0, 0.05) is 15.8 Å². The zero-order chi connectivity index (χ0) is 9.14. The Hall–Kier alpha value is -0.280. The second-order valence-electron chi connectivity index (χ2n) is 2.57. The summed E-state index contributed by atoms with van der Waals surface area (Å²) in [5.74, 6) is 0. The fraction of sp³-hybridized carbons (Fsp3) is 0.222. The lowest BCUT2D eigenvalue weighted by atomic mass is 10.1. The van der Waals surface area contributed by atoms with Gasteiger partial charge in [-0.1, -0.05) is 12.1 Å². The second-order valence-corrected chi connectivity index (χ2v) is 3.82. The summed E-state index contributed by atoms with van der Waals surface area (Å²) in [6.07, 6.45) is 1.31. The van der Waals surface area contributed by atoms with Crippen LogP contribution >= 0.6 is 28.6 Å². The number of hydrogen-bond acceptors (Lipinski definition) is 2. The molecule has 0 spiro atoms. The van der Waals surface area contributed by atoms with E-state index >= 15 is 0 Å². The Labute approximate surface area is 85.7 Å². The number of carbonyl (C=O) groups is 1. The van der Waals surface area contributed by atoms with Crippen LogP contribution in [0.5, 0.6) is 0 Å². The summed E-state index contributed by atoms with van der Waals surface area (Å²) in [6, 6.07) is 3.90. The Morgan fingerprint density at radius 2 is 2.25 bits per heavy atom. The van der Waals surface area contributed by atoms with E-state index in [1.54, 1.807) is 0 Å². The number of thiol groups is 1. The molecule has 0 atom stereocenters. The fourth-order valence-corrected chi connectivity index (χ4v) is 1.69. The fourth-order valence-electron chi connectivity index (χ4n) is 0.960. The van der Waals surface area contributed by atoms with E-state index in [0.29, 0.717) is 6.42 Å². The molecule has 0 aliphatic heterocycles. The van der Waals surface area contributed by atoms with Gasteiger partial charge in [-0.3, -0.25) is 0 Å². The molecule has 1 aromatic carbocycles. The molecule has 0 N–H and O–H groups in total. The van der Waals surface area contributed by atoms with Crippen molar-refractivity contribution in [3.8, 4) is 0 Å². The number of carbonyl (C=O) groups excluding carboxylic acids is 1. The number of benzene rings is 1. The number of rotatable bonds is 2. The van der Waals surface area contributed by atoms with Crippen LogP contribution < -0.4 is 0 Å². The minimum atomic E-state index is 0.428. The Morgan fingerprint density at radius 3 is 2.83 bits per heavy atom. The van der Waals surface area contributed by atoms with Crippen molar-refractivity contribution in [2.24, 2.45) is 0 Å². The summed E-state index contributed by atoms with van der Waals surface area (Å²) >= 11 is 7.72. The number of aldehydes is 1. The van der Waals surface area contributed by atoms with Crippen LogP contribution in [0.1, 0.15) is 11.1 Å². The highest BCUT2D eigenvalue weighted by Gasteiger charge is 2.04. The van der Waals surface area contributed by atoms with Crippen molar-refractivity contribution in [1.29, 1.82) is 0 Å². The highest BCUT2D eigenvalue weighted by molar-refractivity contribution is 9.10. The molecule has 12 heavy (non-hydrogen) atoms. The summed E-state index contributed by atoms with van der Waals surface area (Å²) in [6.45, 7) is 1.99. The third kappa shape index (κ3) is 1.90. The van der Waals surface area contributed by atoms with Crippen LogP contribution in [0.25, 0.3) is 0 Å². The summed E-state index contributed by atoms with van der Waals surface area (Å²) < 4.78 is 0.977. The number of aryl methyl sites for hydroxylation is 1. The van der Waals surface area contributed by atoms with Gasteiger partial charge in [0.25, 0.3) is 0 Å². The molecule has 0 aliphatic rings. The third-order valence-corrected chi connectivity index (χ3v) is 3.54. The van der Waals surface area contributed by atoms with Crippen molar-refractivity contribution in [1.82, 2.24) is 0 Å². The average Bonchev–Trinajstić information content (AvgIpc) is 2.07. The van der Waals surface area contributed by atoms with Crippen molar-refractivity contribution in [3.05, 3.63) is 27.7 Å². The molecule has 0 saturated heterocycles. The van der Waals surface area contributed by atoms with Crippen LogP contribution in [0.15, 0.2) is 21.5 Å². The van der Waals surface area contributed by atoms with Crippen molar-refractivity contribution in [3.63, 3.8) is 0 Å². The van der Waals surface area contributed by atoms with Crippen LogP contribution in [0.2, 0.25) is 0 Å². The maximum absolute atomic E-state index is 10.3. The molecule has 0 bridgehead atoms. The van der Waals surface area contributed by atoms with Crippen LogP contribution in [0.3, 0.4) is 0 Å². The quantitative estimate of drug-likeness (QED) is 0.626. The molecule has 0 saturated carbocycles. The standard InChI is InChI=1S/C9H9BrOS/c1-6-2-3-7(4-5-11)9(12)8(6)10/h2-3,5,12H,4H2,1H3. The van der Waals surface area contributed by atoms with E-state index in [1.807, 2.05) is 19.1 Å². The van der Waals surface area contributed by atoms with Gasteiger partial charge >= 0.3 is 0 Å². The lowest BCUT2D eigenvalue weighted by Gasteiger charge is -2.05. The monoisotopic (exact) mass is 244 g/mol. The molecule has 64 valence electrons. The predicted molar refractivity (Wildman–Crippen MR) is 55.9 cm³/mol. The van der Waals surface area contributed by atoms with Gasteiger partial charge in [-0.15, -0.1) is 12.6 Å². The van der Waals surface area contributed by atoms with Gasteiger partial charge in [0.2, 0.25) is 0 Å². The Kier molecular flexibility index (Phi) is 3.35. The van der Waals surface area contributed by atoms with Crippen LogP contribution in [0.4, 0.5) is 0 Å². The van der Waals surface area contributed by atoms with Gasteiger partial charge in [0.05, 0.1) is 0 Å². The van der Waals surface area contributed by atoms with Crippen molar-refractivity contribution in [2.75, 3.05) is 0 Å². The summed E-state index contributed by atoms with van der Waals surface area (Å²) in [5, 5.41) is 0. The maximum atomic E-state index is 10.3. The molecule has 0 radical (unpaired) electrons. The maximum Gasteiger partial charge on any atom is 0.124 e. The second kappa shape index (κ2) is 4.10. The Bertz CT molecular complexity index is 310. The van der Waals surface area contributed by atoms with Gasteiger partial charge in [-0.2, -0.15) is 0 Å². The first-order valence-electron chi connectivity index (χ1n) is 3.57. The minimum absolute atomic E-state index is 0.428. The molecule has 0 fully saturated rings. The van der Waals surface area contributed by atoms with Gasteiger partial charge in [-0.05, 0) is 34.0 Å². The molecule has 1 nitrogen and oxygen atoms in total. The van der Waals surface area contributed by atoms with Crippen molar-refractivity contribution in [2.45, 2.75) is 18.2 Å². The predicted octanol–water partition coefficient (Wildman–Crippen LogP) is 2.79. The molecular formula is C9H9BrOS.